The first-order chi connectivity index (χ1) is 23.7. The van der Waals surface area contributed by atoms with Gasteiger partial charge in [-0.1, -0.05) is 115 Å². The van der Waals surface area contributed by atoms with Crippen LogP contribution in [-0.2, 0) is 20.7 Å². The molecule has 0 radical (unpaired) electrons. The minimum Gasteiger partial charge on any atom is -0.394 e. The summed E-state index contributed by atoms with van der Waals surface area (Å²) in [6, 6.07) is 5.49. The van der Waals surface area contributed by atoms with E-state index in [9.17, 15) is 39.8 Å². The lowest BCUT2D eigenvalue weighted by Gasteiger charge is -2.40. The molecule has 10 nitrogen and oxygen atoms in total. The van der Waals surface area contributed by atoms with Gasteiger partial charge >= 0.3 is 0 Å². The van der Waals surface area contributed by atoms with E-state index in [1.807, 2.05) is 0 Å². The van der Waals surface area contributed by atoms with Gasteiger partial charge in [0, 0.05) is 6.42 Å². The fraction of sp³-hybridized carbons (Fsp3) is 0.816. The quantitative estimate of drug-likeness (QED) is 0.0607. The van der Waals surface area contributed by atoms with Gasteiger partial charge < -0.3 is 45.4 Å². The largest absolute Gasteiger partial charge is 0.394 e. The molecule has 284 valence electrons. The number of aliphatic hydroxyl groups excluding tert-OH is 6. The molecule has 0 aromatic heterocycles. The zero-order valence-electron chi connectivity index (χ0n) is 29.8. The maximum atomic E-state index is 13.1. The summed E-state index contributed by atoms with van der Waals surface area (Å²) in [5.74, 6) is -0.559. The van der Waals surface area contributed by atoms with E-state index in [4.69, 9.17) is 9.47 Å². The predicted octanol–water partition coefficient (Wildman–Crippen LogP) is 4.82. The summed E-state index contributed by atoms with van der Waals surface area (Å²) in [5.41, 5.74) is 1.09. The maximum Gasteiger partial charge on any atom is 0.220 e. The summed E-state index contributed by atoms with van der Waals surface area (Å²) in [5, 5.41) is 64.7. The van der Waals surface area contributed by atoms with Crippen LogP contribution in [0.4, 0.5) is 4.39 Å². The van der Waals surface area contributed by atoms with Gasteiger partial charge in [-0.25, -0.2) is 4.39 Å². The first-order valence-corrected chi connectivity index (χ1v) is 19.0. The summed E-state index contributed by atoms with van der Waals surface area (Å²) in [6.07, 6.45) is 10.1. The lowest BCUT2D eigenvalue weighted by Crippen LogP contribution is -2.60. The number of hydrogen-bond acceptors (Lipinski definition) is 9. The number of amides is 1. The van der Waals surface area contributed by atoms with Gasteiger partial charge in [0.15, 0.2) is 6.29 Å². The molecule has 1 fully saturated rings. The van der Waals surface area contributed by atoms with Crippen molar-refractivity contribution in [1.29, 1.82) is 0 Å². The van der Waals surface area contributed by atoms with Crippen LogP contribution in [0.25, 0.3) is 0 Å². The molecule has 0 aliphatic carbocycles. The second-order valence-corrected chi connectivity index (χ2v) is 13.8. The molecule has 1 amide bonds. The number of halogens is 1. The monoisotopic (exact) mass is 699 g/mol. The van der Waals surface area contributed by atoms with Crippen LogP contribution in [-0.4, -0.2) is 98.7 Å². The van der Waals surface area contributed by atoms with E-state index in [2.05, 4.69) is 12.2 Å². The van der Waals surface area contributed by atoms with Crippen LogP contribution in [0, 0.1) is 5.82 Å². The van der Waals surface area contributed by atoms with Crippen LogP contribution in [0.5, 0.6) is 0 Å². The molecular weight excluding hydrogens is 633 g/mol. The Bertz CT molecular complexity index is 969. The third-order valence-electron chi connectivity index (χ3n) is 9.58. The molecule has 8 atom stereocenters. The predicted molar refractivity (Wildman–Crippen MR) is 187 cm³/mol. The van der Waals surface area contributed by atoms with Crippen molar-refractivity contribution in [3.8, 4) is 0 Å². The molecule has 2 rings (SSSR count). The zero-order chi connectivity index (χ0) is 35.9. The van der Waals surface area contributed by atoms with Crippen LogP contribution in [0.15, 0.2) is 24.3 Å². The van der Waals surface area contributed by atoms with Crippen molar-refractivity contribution in [2.24, 2.45) is 0 Å². The summed E-state index contributed by atoms with van der Waals surface area (Å²) < 4.78 is 24.1. The van der Waals surface area contributed by atoms with Crippen molar-refractivity contribution in [2.75, 3.05) is 13.2 Å². The average molecular weight is 700 g/mol. The molecule has 1 aliphatic rings. The van der Waals surface area contributed by atoms with Gasteiger partial charge in [-0.2, -0.15) is 0 Å². The van der Waals surface area contributed by atoms with Crippen LogP contribution < -0.4 is 5.32 Å². The van der Waals surface area contributed by atoms with Crippen molar-refractivity contribution in [2.45, 2.75) is 184 Å². The van der Waals surface area contributed by atoms with E-state index in [1.54, 1.807) is 12.1 Å². The number of ether oxygens (including phenoxy) is 2. The van der Waals surface area contributed by atoms with Gasteiger partial charge in [-0.05, 0) is 43.4 Å². The van der Waals surface area contributed by atoms with Crippen molar-refractivity contribution in [3.05, 3.63) is 35.6 Å². The molecular formula is C38H66FNO9. The average Bonchev–Trinajstić information content (AvgIpc) is 3.10. The molecule has 11 heteroatoms. The topological polar surface area (TPSA) is 169 Å². The van der Waals surface area contributed by atoms with Crippen LogP contribution in [0.1, 0.15) is 134 Å². The van der Waals surface area contributed by atoms with Gasteiger partial charge in [0.05, 0.1) is 25.4 Å². The third-order valence-corrected chi connectivity index (χ3v) is 9.58. The highest BCUT2D eigenvalue weighted by molar-refractivity contribution is 5.76. The second kappa shape index (κ2) is 26.1. The van der Waals surface area contributed by atoms with Gasteiger partial charge in [0.2, 0.25) is 5.91 Å². The highest BCUT2D eigenvalue weighted by Gasteiger charge is 2.44. The van der Waals surface area contributed by atoms with E-state index in [0.717, 1.165) is 63.4 Å². The Kier molecular flexibility index (Phi) is 23.2. The normalized spacial score (nSPS) is 22.9. The molecule has 1 aromatic rings. The number of unbranched alkanes of at least 4 members (excludes halogenated alkanes) is 15. The van der Waals surface area contributed by atoms with E-state index < -0.39 is 55.6 Å². The second-order valence-electron chi connectivity index (χ2n) is 13.8. The number of rotatable bonds is 28. The Morgan fingerprint density at radius 1 is 0.796 bits per heavy atom. The van der Waals surface area contributed by atoms with E-state index in [0.29, 0.717) is 12.8 Å². The maximum absolute atomic E-state index is 13.1. The lowest BCUT2D eigenvalue weighted by molar-refractivity contribution is -0.303. The standard InChI is InChI=1S/C38H66FNO9/c1-2-3-4-5-6-7-8-9-10-11-14-17-20-31(42)34(44)30(27-48-38-37(47)36(46)35(45)32(26-41)49-38)40-33(43)21-18-15-12-13-16-19-28-22-24-29(39)25-23-28/h22-25,30-32,34-38,41-42,44-47H,2-21,26-27H2,1H3,(H,40,43)/t30-,31+,32?,34-,35-,36?,37?,38-/m0/s1. The van der Waals surface area contributed by atoms with Crippen molar-refractivity contribution in [3.63, 3.8) is 0 Å². The van der Waals surface area contributed by atoms with Crippen molar-refractivity contribution in [1.82, 2.24) is 5.32 Å². The fourth-order valence-corrected chi connectivity index (χ4v) is 6.34. The highest BCUT2D eigenvalue weighted by atomic mass is 19.1. The molecule has 49 heavy (non-hydrogen) atoms. The fourth-order valence-electron chi connectivity index (χ4n) is 6.34. The smallest absolute Gasteiger partial charge is 0.220 e. The molecule has 1 aliphatic heterocycles. The third kappa shape index (κ3) is 17.9. The highest BCUT2D eigenvalue weighted by Crippen LogP contribution is 2.23. The number of aliphatic hydroxyl groups is 6. The molecule has 0 bridgehead atoms. The van der Waals surface area contributed by atoms with Gasteiger partial charge in [0.25, 0.3) is 0 Å². The number of hydrogen-bond donors (Lipinski definition) is 7. The van der Waals surface area contributed by atoms with Gasteiger partial charge in [0.1, 0.15) is 36.3 Å². The van der Waals surface area contributed by atoms with Crippen LogP contribution in [0.3, 0.4) is 0 Å². The number of aryl methyl sites for hydroxylation is 1. The van der Waals surface area contributed by atoms with Gasteiger partial charge in [-0.3, -0.25) is 4.79 Å². The molecule has 0 spiro atoms. The van der Waals surface area contributed by atoms with E-state index in [1.165, 1.54) is 63.5 Å². The Hall–Kier alpha value is -1.70. The molecule has 0 saturated carbocycles. The lowest BCUT2D eigenvalue weighted by atomic mass is 9.98. The summed E-state index contributed by atoms with van der Waals surface area (Å²) in [6.45, 7) is 1.27. The van der Waals surface area contributed by atoms with Crippen molar-refractivity contribution < 1.29 is 49.3 Å². The summed E-state index contributed by atoms with van der Waals surface area (Å²) in [4.78, 5) is 12.9. The summed E-state index contributed by atoms with van der Waals surface area (Å²) >= 11 is 0. The number of nitrogens with one attached hydrogen (secondary N) is 1. The molecule has 1 aromatic carbocycles. The minimum atomic E-state index is -1.62. The summed E-state index contributed by atoms with van der Waals surface area (Å²) in [7, 11) is 0. The van der Waals surface area contributed by atoms with Crippen molar-refractivity contribution >= 4 is 5.91 Å². The van der Waals surface area contributed by atoms with E-state index in [-0.39, 0.29) is 24.8 Å². The number of carbonyl (C=O) groups excluding carboxylic acids is 1. The molecule has 1 saturated heterocycles. The first kappa shape index (κ1) is 43.5. The number of benzene rings is 1. The number of carbonyl (C=O) groups is 1. The van der Waals surface area contributed by atoms with Gasteiger partial charge in [-0.15, -0.1) is 0 Å². The molecule has 3 unspecified atom stereocenters. The SMILES string of the molecule is CCCCCCCCCCCCCC[C@@H](O)[C@@H](O)[C@H](CO[C@H]1OC(CO)[C@H](O)C(O)C1O)NC(=O)CCCCCCCc1ccc(F)cc1. The molecule has 7 N–H and O–H groups in total. The Balaban J connectivity index is 1.77. The molecule has 1 heterocycles. The Morgan fingerprint density at radius 3 is 1.94 bits per heavy atom. The van der Waals surface area contributed by atoms with Crippen LogP contribution in [0.2, 0.25) is 0 Å². The first-order valence-electron chi connectivity index (χ1n) is 19.0. The van der Waals surface area contributed by atoms with Crippen LogP contribution >= 0.6 is 0 Å². The Morgan fingerprint density at radius 2 is 1.35 bits per heavy atom. The minimum absolute atomic E-state index is 0.218. The zero-order valence-corrected chi connectivity index (χ0v) is 29.8. The Labute approximate surface area is 293 Å². The van der Waals surface area contributed by atoms with E-state index >= 15 is 0 Å².